The van der Waals surface area contributed by atoms with Crippen molar-refractivity contribution in [3.8, 4) is 0 Å². The highest BCUT2D eigenvalue weighted by molar-refractivity contribution is 5.85. The predicted molar refractivity (Wildman–Crippen MR) is 57.7 cm³/mol. The Morgan fingerprint density at radius 1 is 1.07 bits per heavy atom. The van der Waals surface area contributed by atoms with E-state index in [4.69, 9.17) is 0 Å². The van der Waals surface area contributed by atoms with E-state index >= 15 is 0 Å². The number of fused-ring (bicyclic) bond motifs is 2. The number of imidazole rings is 2. The van der Waals surface area contributed by atoms with Crippen LogP contribution in [0.1, 0.15) is 18.6 Å². The van der Waals surface area contributed by atoms with Gasteiger partial charge in [-0.1, -0.05) is 6.92 Å². The molecule has 0 saturated carbocycles. The van der Waals surface area contributed by atoms with Gasteiger partial charge < -0.3 is 9.97 Å². The molecule has 3 aromatic heterocycles. The monoisotopic (exact) mass is 201 g/mol. The fraction of sp³-hybridized carbons (Fsp3) is 0.300. The first-order valence-corrected chi connectivity index (χ1v) is 4.98. The van der Waals surface area contributed by atoms with Gasteiger partial charge in [-0.05, 0) is 13.0 Å². The highest BCUT2D eigenvalue weighted by Gasteiger charge is 2.07. The number of rotatable bonds is 1. The molecule has 3 rings (SSSR count). The zero-order valence-electron chi connectivity index (χ0n) is 8.63. The molecule has 3 aromatic rings. The first kappa shape index (κ1) is 8.40. The lowest BCUT2D eigenvalue weighted by Crippen LogP contribution is -1.81. The van der Waals surface area contributed by atoms with E-state index in [1.807, 2.05) is 13.0 Å². The number of nitrogens with zero attached hydrogens (tertiary/aromatic N) is 3. The number of hydrogen-bond acceptors (Lipinski definition) is 3. The Morgan fingerprint density at radius 2 is 1.80 bits per heavy atom. The van der Waals surface area contributed by atoms with Crippen molar-refractivity contribution < 1.29 is 0 Å². The lowest BCUT2D eigenvalue weighted by Gasteiger charge is -1.87. The van der Waals surface area contributed by atoms with Gasteiger partial charge in [0.15, 0.2) is 11.3 Å². The molecule has 0 aromatic carbocycles. The molecule has 0 aliphatic carbocycles. The number of H-pyrrole nitrogens is 2. The maximum atomic E-state index is 4.43. The molecule has 0 spiro atoms. The molecule has 3 heterocycles. The summed E-state index contributed by atoms with van der Waals surface area (Å²) in [5.74, 6) is 1.84. The third kappa shape index (κ3) is 1.20. The van der Waals surface area contributed by atoms with Gasteiger partial charge in [0.25, 0.3) is 0 Å². The highest BCUT2D eigenvalue weighted by Crippen LogP contribution is 2.16. The summed E-state index contributed by atoms with van der Waals surface area (Å²) in [5, 5.41) is 0. The number of nitrogens with one attached hydrogen (secondary N) is 2. The van der Waals surface area contributed by atoms with E-state index < -0.39 is 0 Å². The first-order valence-electron chi connectivity index (χ1n) is 4.98. The second kappa shape index (κ2) is 2.79. The van der Waals surface area contributed by atoms with E-state index in [-0.39, 0.29) is 0 Å². The van der Waals surface area contributed by atoms with Crippen LogP contribution >= 0.6 is 0 Å². The molecule has 76 valence electrons. The van der Waals surface area contributed by atoms with Gasteiger partial charge in [0.05, 0.1) is 0 Å². The van der Waals surface area contributed by atoms with Crippen LogP contribution in [-0.2, 0) is 6.42 Å². The minimum absolute atomic E-state index is 0.811. The van der Waals surface area contributed by atoms with Gasteiger partial charge in [0, 0.05) is 6.42 Å². The molecular formula is C10H11N5. The van der Waals surface area contributed by atoms with E-state index in [0.717, 1.165) is 40.4 Å². The van der Waals surface area contributed by atoms with E-state index in [1.54, 1.807) is 0 Å². The highest BCUT2D eigenvalue weighted by atomic mass is 15.0. The largest absolute Gasteiger partial charge is 0.327 e. The summed E-state index contributed by atoms with van der Waals surface area (Å²) >= 11 is 0. The zero-order valence-corrected chi connectivity index (χ0v) is 8.63. The second-order valence-corrected chi connectivity index (χ2v) is 3.58. The summed E-state index contributed by atoms with van der Waals surface area (Å²) in [6.45, 7) is 3.98. The molecule has 0 saturated heterocycles. The predicted octanol–water partition coefficient (Wildman–Crippen LogP) is 1.71. The summed E-state index contributed by atoms with van der Waals surface area (Å²) < 4.78 is 0. The maximum absolute atomic E-state index is 4.43. The summed E-state index contributed by atoms with van der Waals surface area (Å²) in [5.41, 5.74) is 3.38. The molecule has 0 radical (unpaired) electrons. The molecule has 15 heavy (non-hydrogen) atoms. The van der Waals surface area contributed by atoms with Gasteiger partial charge in [-0.25, -0.2) is 15.0 Å². The lowest BCUT2D eigenvalue weighted by atomic mass is 10.4. The standard InChI is InChI=1S/C10H11N5/c1-3-8-13-7-4-6-9(12-5(2)11-6)15-10(7)14-8/h4H,3H2,1-2H3,(H2,11,12,13,14,15). The molecule has 0 aliphatic heterocycles. The fourth-order valence-corrected chi connectivity index (χ4v) is 1.70. The van der Waals surface area contributed by atoms with Crippen molar-refractivity contribution in [2.75, 3.05) is 0 Å². The van der Waals surface area contributed by atoms with Gasteiger partial charge >= 0.3 is 0 Å². The number of aromatic amines is 2. The van der Waals surface area contributed by atoms with E-state index in [9.17, 15) is 0 Å². The number of aryl methyl sites for hydroxylation is 2. The van der Waals surface area contributed by atoms with Crippen molar-refractivity contribution >= 4 is 22.3 Å². The molecule has 0 amide bonds. The van der Waals surface area contributed by atoms with Gasteiger partial charge in [0.1, 0.15) is 22.7 Å². The second-order valence-electron chi connectivity index (χ2n) is 3.58. The van der Waals surface area contributed by atoms with Crippen LogP contribution in [0.5, 0.6) is 0 Å². The Labute approximate surface area is 86.0 Å². The van der Waals surface area contributed by atoms with Gasteiger partial charge in [-0.15, -0.1) is 0 Å². The Bertz CT molecular complexity index is 583. The Kier molecular flexibility index (Phi) is 1.56. The van der Waals surface area contributed by atoms with Crippen LogP contribution in [-0.4, -0.2) is 24.9 Å². The van der Waals surface area contributed by atoms with Crippen molar-refractivity contribution in [2.24, 2.45) is 0 Å². The molecule has 0 aliphatic rings. The molecular weight excluding hydrogens is 190 g/mol. The van der Waals surface area contributed by atoms with Crippen molar-refractivity contribution in [3.63, 3.8) is 0 Å². The SMILES string of the molecule is CCc1nc2cc3nc(C)[nH]c3nc2[nH]1. The van der Waals surface area contributed by atoms with Gasteiger partial charge in [-0.3, -0.25) is 0 Å². The number of aromatic nitrogens is 5. The summed E-state index contributed by atoms with van der Waals surface area (Å²) in [4.78, 5) is 19.5. The topological polar surface area (TPSA) is 70.2 Å². The third-order valence-corrected chi connectivity index (χ3v) is 2.42. The minimum atomic E-state index is 0.811. The minimum Gasteiger partial charge on any atom is -0.327 e. The van der Waals surface area contributed by atoms with Crippen LogP contribution in [0, 0.1) is 6.92 Å². The molecule has 5 nitrogen and oxygen atoms in total. The Morgan fingerprint density at radius 3 is 2.60 bits per heavy atom. The van der Waals surface area contributed by atoms with Crippen LogP contribution in [0.15, 0.2) is 6.07 Å². The first-order chi connectivity index (χ1) is 7.26. The van der Waals surface area contributed by atoms with Crippen LogP contribution in [0.4, 0.5) is 0 Å². The van der Waals surface area contributed by atoms with Crippen LogP contribution in [0.3, 0.4) is 0 Å². The molecule has 0 fully saturated rings. The van der Waals surface area contributed by atoms with Gasteiger partial charge in [-0.2, -0.15) is 0 Å². The zero-order chi connectivity index (χ0) is 10.4. The van der Waals surface area contributed by atoms with Crippen molar-refractivity contribution in [1.29, 1.82) is 0 Å². The normalized spacial score (nSPS) is 11.6. The average molecular weight is 201 g/mol. The smallest absolute Gasteiger partial charge is 0.159 e. The Balaban J connectivity index is 2.37. The molecule has 0 unspecified atom stereocenters. The van der Waals surface area contributed by atoms with Crippen LogP contribution in [0.25, 0.3) is 22.3 Å². The number of pyridine rings is 1. The van der Waals surface area contributed by atoms with Crippen LogP contribution < -0.4 is 0 Å². The third-order valence-electron chi connectivity index (χ3n) is 2.42. The lowest BCUT2D eigenvalue weighted by molar-refractivity contribution is 0.997. The van der Waals surface area contributed by atoms with Crippen molar-refractivity contribution in [2.45, 2.75) is 20.3 Å². The average Bonchev–Trinajstić information content (AvgIpc) is 2.74. The molecule has 2 N–H and O–H groups in total. The van der Waals surface area contributed by atoms with Crippen molar-refractivity contribution in [1.82, 2.24) is 24.9 Å². The van der Waals surface area contributed by atoms with Crippen molar-refractivity contribution in [3.05, 3.63) is 17.7 Å². The Hall–Kier alpha value is -1.91. The van der Waals surface area contributed by atoms with E-state index in [1.165, 1.54) is 0 Å². The number of hydrogen-bond donors (Lipinski definition) is 2. The fourth-order valence-electron chi connectivity index (χ4n) is 1.70. The summed E-state index contributed by atoms with van der Waals surface area (Å²) in [6.07, 6.45) is 0.886. The summed E-state index contributed by atoms with van der Waals surface area (Å²) in [7, 11) is 0. The van der Waals surface area contributed by atoms with E-state index in [0.29, 0.717) is 0 Å². The molecule has 0 bridgehead atoms. The summed E-state index contributed by atoms with van der Waals surface area (Å²) in [6, 6.07) is 1.96. The van der Waals surface area contributed by atoms with E-state index in [2.05, 4.69) is 31.8 Å². The van der Waals surface area contributed by atoms with Gasteiger partial charge in [0.2, 0.25) is 0 Å². The van der Waals surface area contributed by atoms with Crippen LogP contribution in [0.2, 0.25) is 0 Å². The quantitative estimate of drug-likeness (QED) is 0.629. The maximum Gasteiger partial charge on any atom is 0.159 e. The molecule has 5 heteroatoms. The molecule has 0 atom stereocenters.